The van der Waals surface area contributed by atoms with Gasteiger partial charge in [0.05, 0.1) is 6.10 Å². The van der Waals surface area contributed by atoms with E-state index in [9.17, 15) is 5.11 Å². The van der Waals surface area contributed by atoms with Crippen molar-refractivity contribution in [3.8, 4) is 0 Å². The van der Waals surface area contributed by atoms with E-state index < -0.39 is 0 Å². The normalized spacial score (nSPS) is 25.7. The van der Waals surface area contributed by atoms with Gasteiger partial charge in [-0.25, -0.2) is 0 Å². The summed E-state index contributed by atoms with van der Waals surface area (Å²) in [5.41, 5.74) is 0. The summed E-state index contributed by atoms with van der Waals surface area (Å²) in [5, 5.41) is 13.3. The predicted octanol–water partition coefficient (Wildman–Crippen LogP) is 1.61. The number of aliphatic hydroxyl groups excluding tert-OH is 1. The van der Waals surface area contributed by atoms with E-state index in [4.69, 9.17) is 0 Å². The highest BCUT2D eigenvalue weighted by molar-refractivity contribution is 4.80. The maximum absolute atomic E-state index is 9.69. The third kappa shape index (κ3) is 4.40. The molecule has 16 heavy (non-hydrogen) atoms. The molecule has 0 aromatic rings. The van der Waals surface area contributed by atoms with Crippen molar-refractivity contribution in [2.24, 2.45) is 0 Å². The summed E-state index contributed by atoms with van der Waals surface area (Å²) in [5.74, 6) is 0. The second-order valence-corrected chi connectivity index (χ2v) is 5.12. The van der Waals surface area contributed by atoms with Crippen LogP contribution in [0.1, 0.15) is 46.5 Å². The first kappa shape index (κ1) is 13.9. The van der Waals surface area contributed by atoms with Crippen molar-refractivity contribution < 1.29 is 5.11 Å². The zero-order chi connectivity index (χ0) is 12.0. The van der Waals surface area contributed by atoms with Gasteiger partial charge >= 0.3 is 0 Å². The van der Waals surface area contributed by atoms with Crippen molar-refractivity contribution in [2.45, 2.75) is 64.6 Å². The van der Waals surface area contributed by atoms with Crippen LogP contribution in [0.4, 0.5) is 0 Å². The lowest BCUT2D eigenvalue weighted by Gasteiger charge is -2.35. The lowest BCUT2D eigenvalue weighted by Crippen LogP contribution is -2.49. The molecule has 1 rings (SSSR count). The average Bonchev–Trinajstić information content (AvgIpc) is 2.29. The van der Waals surface area contributed by atoms with Crippen LogP contribution in [0.25, 0.3) is 0 Å². The summed E-state index contributed by atoms with van der Waals surface area (Å²) >= 11 is 0. The molecule has 0 aliphatic carbocycles. The number of nitrogens with one attached hydrogen (secondary N) is 1. The van der Waals surface area contributed by atoms with Gasteiger partial charge < -0.3 is 10.4 Å². The number of aliphatic hydroxyl groups is 1. The third-order valence-electron chi connectivity index (χ3n) is 3.65. The minimum Gasteiger partial charge on any atom is -0.392 e. The molecule has 0 amide bonds. The molecular formula is C13H28N2O. The molecule has 3 atom stereocenters. The van der Waals surface area contributed by atoms with Crippen LogP contribution in [0.5, 0.6) is 0 Å². The van der Waals surface area contributed by atoms with Crippen molar-refractivity contribution in [3.05, 3.63) is 0 Å². The lowest BCUT2D eigenvalue weighted by atomic mass is 10.0. The van der Waals surface area contributed by atoms with Crippen LogP contribution in [0, 0.1) is 0 Å². The zero-order valence-corrected chi connectivity index (χ0v) is 11.1. The number of piperidine rings is 1. The molecule has 1 fully saturated rings. The number of hydrogen-bond acceptors (Lipinski definition) is 3. The fourth-order valence-electron chi connectivity index (χ4n) is 2.42. The van der Waals surface area contributed by atoms with Gasteiger partial charge in [-0.1, -0.05) is 13.3 Å². The van der Waals surface area contributed by atoms with E-state index in [2.05, 4.69) is 24.1 Å². The number of rotatable bonds is 6. The molecule has 0 saturated carbocycles. The Bertz CT molecular complexity index is 179. The van der Waals surface area contributed by atoms with E-state index in [0.717, 1.165) is 26.1 Å². The molecule has 96 valence electrons. The summed E-state index contributed by atoms with van der Waals surface area (Å²) in [6.45, 7) is 9.55. The van der Waals surface area contributed by atoms with Gasteiger partial charge in [-0.05, 0) is 46.2 Å². The Hall–Kier alpha value is -0.120. The molecule has 2 N–H and O–H groups in total. The van der Waals surface area contributed by atoms with Gasteiger partial charge in [-0.2, -0.15) is 0 Å². The van der Waals surface area contributed by atoms with E-state index >= 15 is 0 Å². The standard InChI is InChI=1S/C13H28N2O/c1-4-9-15(11(2)12(3)16)10-13-7-5-6-8-14-13/h11-14,16H,4-10H2,1-3H3. The van der Waals surface area contributed by atoms with Gasteiger partial charge in [-0.3, -0.25) is 4.90 Å². The Labute approximate surface area is 100 Å². The Morgan fingerprint density at radius 3 is 2.62 bits per heavy atom. The Morgan fingerprint density at radius 1 is 1.38 bits per heavy atom. The van der Waals surface area contributed by atoms with Crippen molar-refractivity contribution in [1.82, 2.24) is 10.2 Å². The van der Waals surface area contributed by atoms with Crippen LogP contribution >= 0.6 is 0 Å². The quantitative estimate of drug-likeness (QED) is 0.725. The summed E-state index contributed by atoms with van der Waals surface area (Å²) in [7, 11) is 0. The Morgan fingerprint density at radius 2 is 2.12 bits per heavy atom. The molecule has 3 unspecified atom stereocenters. The lowest BCUT2D eigenvalue weighted by molar-refractivity contribution is 0.0621. The highest BCUT2D eigenvalue weighted by atomic mass is 16.3. The molecule has 1 heterocycles. The van der Waals surface area contributed by atoms with Gasteiger partial charge in [-0.15, -0.1) is 0 Å². The van der Waals surface area contributed by atoms with Crippen LogP contribution in [-0.4, -0.2) is 47.8 Å². The van der Waals surface area contributed by atoms with E-state index in [1.807, 2.05) is 6.92 Å². The topological polar surface area (TPSA) is 35.5 Å². The highest BCUT2D eigenvalue weighted by Crippen LogP contribution is 2.12. The maximum Gasteiger partial charge on any atom is 0.0664 e. The van der Waals surface area contributed by atoms with Crippen molar-refractivity contribution in [2.75, 3.05) is 19.6 Å². The van der Waals surface area contributed by atoms with Crippen LogP contribution in [0.15, 0.2) is 0 Å². The summed E-state index contributed by atoms with van der Waals surface area (Å²) in [4.78, 5) is 2.42. The number of hydrogen-bond donors (Lipinski definition) is 2. The fraction of sp³-hybridized carbons (Fsp3) is 1.00. The SMILES string of the molecule is CCCN(CC1CCCCN1)C(C)C(C)O. The van der Waals surface area contributed by atoms with Crippen LogP contribution in [0.3, 0.4) is 0 Å². The highest BCUT2D eigenvalue weighted by Gasteiger charge is 2.22. The molecule has 0 spiro atoms. The fourth-order valence-corrected chi connectivity index (χ4v) is 2.42. The first-order chi connectivity index (χ1) is 7.65. The molecule has 0 aromatic carbocycles. The summed E-state index contributed by atoms with van der Waals surface area (Å²) < 4.78 is 0. The molecule has 0 bridgehead atoms. The smallest absolute Gasteiger partial charge is 0.0664 e. The third-order valence-corrected chi connectivity index (χ3v) is 3.65. The van der Waals surface area contributed by atoms with E-state index in [1.165, 1.54) is 19.3 Å². The van der Waals surface area contributed by atoms with Crippen molar-refractivity contribution in [3.63, 3.8) is 0 Å². The predicted molar refractivity (Wildman–Crippen MR) is 68.6 cm³/mol. The Balaban J connectivity index is 2.42. The summed E-state index contributed by atoms with van der Waals surface area (Å²) in [6, 6.07) is 0.894. The van der Waals surface area contributed by atoms with Gasteiger partial charge in [0.15, 0.2) is 0 Å². The van der Waals surface area contributed by atoms with Gasteiger partial charge in [0.25, 0.3) is 0 Å². The molecule has 1 aliphatic heterocycles. The first-order valence-corrected chi connectivity index (χ1v) is 6.80. The largest absolute Gasteiger partial charge is 0.392 e. The average molecular weight is 228 g/mol. The van der Waals surface area contributed by atoms with Crippen LogP contribution < -0.4 is 5.32 Å². The molecular weight excluding hydrogens is 200 g/mol. The van der Waals surface area contributed by atoms with Gasteiger partial charge in [0.1, 0.15) is 0 Å². The molecule has 1 saturated heterocycles. The van der Waals surface area contributed by atoms with Crippen LogP contribution in [-0.2, 0) is 0 Å². The first-order valence-electron chi connectivity index (χ1n) is 6.80. The zero-order valence-electron chi connectivity index (χ0n) is 11.1. The van der Waals surface area contributed by atoms with Gasteiger partial charge in [0, 0.05) is 18.6 Å². The van der Waals surface area contributed by atoms with Gasteiger partial charge in [0.2, 0.25) is 0 Å². The minimum absolute atomic E-state index is 0.241. The van der Waals surface area contributed by atoms with E-state index in [0.29, 0.717) is 6.04 Å². The van der Waals surface area contributed by atoms with Crippen molar-refractivity contribution >= 4 is 0 Å². The van der Waals surface area contributed by atoms with E-state index in [1.54, 1.807) is 0 Å². The molecule has 0 radical (unpaired) electrons. The van der Waals surface area contributed by atoms with Crippen LogP contribution in [0.2, 0.25) is 0 Å². The Kier molecular flexibility index (Phi) is 6.32. The van der Waals surface area contributed by atoms with Crippen molar-refractivity contribution in [1.29, 1.82) is 0 Å². The molecule has 3 heteroatoms. The number of nitrogens with zero attached hydrogens (tertiary/aromatic N) is 1. The van der Waals surface area contributed by atoms with E-state index in [-0.39, 0.29) is 12.1 Å². The second kappa shape index (κ2) is 7.25. The molecule has 1 aliphatic rings. The minimum atomic E-state index is -0.241. The molecule has 0 aromatic heterocycles. The monoisotopic (exact) mass is 228 g/mol. The second-order valence-electron chi connectivity index (χ2n) is 5.12. The summed E-state index contributed by atoms with van der Waals surface area (Å²) in [6.07, 6.45) is 4.86. The molecule has 3 nitrogen and oxygen atoms in total. The maximum atomic E-state index is 9.69.